The molecule has 2 rings (SSSR count). The minimum atomic E-state index is -0.558. The zero-order chi connectivity index (χ0) is 16.9. The molecule has 3 N–H and O–H groups in total. The molecule has 23 heavy (non-hydrogen) atoms. The summed E-state index contributed by atoms with van der Waals surface area (Å²) in [4.78, 5) is 17.8. The Morgan fingerprint density at radius 1 is 1.48 bits per heavy atom. The van der Waals surface area contributed by atoms with Crippen LogP contribution in [0, 0.1) is 5.41 Å². The number of rotatable bonds is 5. The Bertz CT molecular complexity index is 549. The van der Waals surface area contributed by atoms with Crippen LogP contribution in [0.1, 0.15) is 32.8 Å². The van der Waals surface area contributed by atoms with E-state index in [2.05, 4.69) is 36.0 Å². The van der Waals surface area contributed by atoms with Crippen LogP contribution in [-0.2, 0) is 4.79 Å². The van der Waals surface area contributed by atoms with Crippen LogP contribution in [-0.4, -0.2) is 46.7 Å². The number of carbonyl (C=O) groups excluding carboxylic acids is 1. The molecular formula is C17H26N4O2. The van der Waals surface area contributed by atoms with Gasteiger partial charge in [-0.3, -0.25) is 10.0 Å². The first-order chi connectivity index (χ1) is 10.9. The predicted molar refractivity (Wildman–Crippen MR) is 91.1 cm³/mol. The summed E-state index contributed by atoms with van der Waals surface area (Å²) in [6.07, 6.45) is 5.68. The number of nitrogens with one attached hydrogen (secondary N) is 2. The minimum Gasteiger partial charge on any atom is -0.366 e. The van der Waals surface area contributed by atoms with Gasteiger partial charge in [0.2, 0.25) is 0 Å². The van der Waals surface area contributed by atoms with Crippen LogP contribution < -0.4 is 10.8 Å². The van der Waals surface area contributed by atoms with E-state index in [1.165, 1.54) is 6.08 Å². The first-order valence-electron chi connectivity index (χ1n) is 7.93. The Morgan fingerprint density at radius 3 is 2.87 bits per heavy atom. The van der Waals surface area contributed by atoms with Gasteiger partial charge in [0.1, 0.15) is 5.82 Å². The van der Waals surface area contributed by atoms with E-state index in [0.29, 0.717) is 11.5 Å². The molecule has 1 aliphatic rings. The number of hydrogen-bond acceptors (Lipinski definition) is 5. The second-order valence-corrected chi connectivity index (χ2v) is 7.21. The lowest BCUT2D eigenvalue weighted by Crippen LogP contribution is -2.33. The third-order valence-corrected chi connectivity index (χ3v) is 3.65. The number of likely N-dealkylation sites (tertiary alicyclic amines) is 1. The molecule has 1 saturated heterocycles. The maximum Gasteiger partial charge on any atom is 0.267 e. The lowest BCUT2D eigenvalue weighted by molar-refractivity contribution is -0.124. The largest absolute Gasteiger partial charge is 0.366 e. The Hall–Kier alpha value is -1.92. The van der Waals surface area contributed by atoms with Crippen LogP contribution in [0.25, 0.3) is 6.08 Å². The van der Waals surface area contributed by atoms with E-state index >= 15 is 0 Å². The van der Waals surface area contributed by atoms with Gasteiger partial charge in [-0.15, -0.1) is 0 Å². The third-order valence-electron chi connectivity index (χ3n) is 3.65. The van der Waals surface area contributed by atoms with E-state index in [-0.39, 0.29) is 0 Å². The highest BCUT2D eigenvalue weighted by Crippen LogP contribution is 2.21. The van der Waals surface area contributed by atoms with E-state index in [1.807, 2.05) is 12.1 Å². The SMILES string of the molecule is CC(C)(C)CN1CC[C@@H](Nc2ccc(C=CC(=O)NO)cn2)C1. The summed E-state index contributed by atoms with van der Waals surface area (Å²) in [6.45, 7) is 10.0. The minimum absolute atomic E-state index is 0.321. The maximum atomic E-state index is 10.9. The summed E-state index contributed by atoms with van der Waals surface area (Å²) < 4.78 is 0. The molecule has 6 nitrogen and oxygen atoms in total. The van der Waals surface area contributed by atoms with Crippen molar-refractivity contribution in [1.29, 1.82) is 0 Å². The number of pyridine rings is 1. The van der Waals surface area contributed by atoms with Gasteiger partial charge in [0.15, 0.2) is 0 Å². The molecule has 0 radical (unpaired) electrons. The molecule has 2 heterocycles. The van der Waals surface area contributed by atoms with Crippen molar-refractivity contribution in [2.24, 2.45) is 5.41 Å². The van der Waals surface area contributed by atoms with E-state index < -0.39 is 5.91 Å². The first kappa shape index (κ1) is 17.4. The van der Waals surface area contributed by atoms with Crippen molar-refractivity contribution in [2.45, 2.75) is 33.2 Å². The van der Waals surface area contributed by atoms with Crippen LogP contribution in [0.3, 0.4) is 0 Å². The van der Waals surface area contributed by atoms with Crippen molar-refractivity contribution in [3.63, 3.8) is 0 Å². The quantitative estimate of drug-likeness (QED) is 0.440. The topological polar surface area (TPSA) is 77.5 Å². The molecule has 0 saturated carbocycles. The monoisotopic (exact) mass is 318 g/mol. The van der Waals surface area contributed by atoms with Gasteiger partial charge in [0.05, 0.1) is 0 Å². The maximum absolute atomic E-state index is 10.9. The molecule has 0 aliphatic carbocycles. The molecule has 0 aromatic carbocycles. The van der Waals surface area contributed by atoms with Gasteiger partial charge in [0, 0.05) is 37.9 Å². The predicted octanol–water partition coefficient (Wildman–Crippen LogP) is 2.13. The van der Waals surface area contributed by atoms with Crippen molar-refractivity contribution in [3.8, 4) is 0 Å². The van der Waals surface area contributed by atoms with Gasteiger partial charge in [-0.1, -0.05) is 20.8 Å². The van der Waals surface area contributed by atoms with E-state index in [1.54, 1.807) is 17.8 Å². The highest BCUT2D eigenvalue weighted by Gasteiger charge is 2.25. The molecule has 126 valence electrons. The lowest BCUT2D eigenvalue weighted by Gasteiger charge is -2.26. The number of carbonyl (C=O) groups is 1. The highest BCUT2D eigenvalue weighted by atomic mass is 16.5. The molecular weight excluding hydrogens is 292 g/mol. The van der Waals surface area contributed by atoms with Crippen LogP contribution in [0.15, 0.2) is 24.4 Å². The van der Waals surface area contributed by atoms with Crippen LogP contribution in [0.2, 0.25) is 0 Å². The molecule has 6 heteroatoms. The van der Waals surface area contributed by atoms with Crippen molar-refractivity contribution >= 4 is 17.8 Å². The fourth-order valence-electron chi connectivity index (χ4n) is 2.77. The Morgan fingerprint density at radius 2 is 2.26 bits per heavy atom. The van der Waals surface area contributed by atoms with Crippen molar-refractivity contribution in [1.82, 2.24) is 15.4 Å². The number of aromatic nitrogens is 1. The average molecular weight is 318 g/mol. The second-order valence-electron chi connectivity index (χ2n) is 7.21. The van der Waals surface area contributed by atoms with Crippen LogP contribution in [0.5, 0.6) is 0 Å². The summed E-state index contributed by atoms with van der Waals surface area (Å²) in [5.41, 5.74) is 2.68. The second kappa shape index (κ2) is 7.57. The molecule has 0 unspecified atom stereocenters. The van der Waals surface area contributed by atoms with Gasteiger partial charge >= 0.3 is 0 Å². The fourth-order valence-corrected chi connectivity index (χ4v) is 2.77. The lowest BCUT2D eigenvalue weighted by atomic mass is 9.96. The third kappa shape index (κ3) is 6.00. The smallest absolute Gasteiger partial charge is 0.267 e. The average Bonchev–Trinajstić information content (AvgIpc) is 2.91. The molecule has 1 aliphatic heterocycles. The van der Waals surface area contributed by atoms with Gasteiger partial charge in [-0.25, -0.2) is 10.5 Å². The van der Waals surface area contributed by atoms with Crippen molar-refractivity contribution < 1.29 is 10.0 Å². The van der Waals surface area contributed by atoms with Gasteiger partial charge in [-0.2, -0.15) is 0 Å². The van der Waals surface area contributed by atoms with E-state index in [4.69, 9.17) is 5.21 Å². The summed E-state index contributed by atoms with van der Waals surface area (Å²) in [6, 6.07) is 4.22. The van der Waals surface area contributed by atoms with Gasteiger partial charge in [-0.05, 0) is 35.6 Å². The highest BCUT2D eigenvalue weighted by molar-refractivity contribution is 5.90. The molecule has 1 amide bonds. The summed E-state index contributed by atoms with van der Waals surface area (Å²) >= 11 is 0. The van der Waals surface area contributed by atoms with Gasteiger partial charge in [0.25, 0.3) is 5.91 Å². The van der Waals surface area contributed by atoms with Crippen molar-refractivity contribution in [2.75, 3.05) is 25.0 Å². The Kier molecular flexibility index (Phi) is 5.74. The first-order valence-corrected chi connectivity index (χ1v) is 7.93. The van der Waals surface area contributed by atoms with Crippen LogP contribution in [0.4, 0.5) is 5.82 Å². The Labute approximate surface area is 137 Å². The number of anilines is 1. The zero-order valence-electron chi connectivity index (χ0n) is 14.0. The zero-order valence-corrected chi connectivity index (χ0v) is 14.0. The van der Waals surface area contributed by atoms with Crippen LogP contribution >= 0.6 is 0 Å². The fraction of sp³-hybridized carbons (Fsp3) is 0.529. The number of hydrogen-bond donors (Lipinski definition) is 3. The molecule has 1 aromatic rings. The molecule has 1 aromatic heterocycles. The van der Waals surface area contributed by atoms with Gasteiger partial charge < -0.3 is 10.2 Å². The standard InChI is InChI=1S/C17H26N4O2/c1-17(2,3)12-21-9-8-14(11-21)19-15-6-4-13(10-18-15)5-7-16(22)20-23/h4-7,10,14,23H,8-9,11-12H2,1-3H3,(H,18,19)(H,20,22)/t14-/m1/s1. The summed E-state index contributed by atoms with van der Waals surface area (Å²) in [7, 11) is 0. The normalized spacial score (nSPS) is 19.2. The molecule has 1 fully saturated rings. The molecule has 1 atom stereocenters. The number of amides is 1. The number of hydroxylamine groups is 1. The molecule has 0 spiro atoms. The van der Waals surface area contributed by atoms with E-state index in [9.17, 15) is 4.79 Å². The van der Waals surface area contributed by atoms with Crippen molar-refractivity contribution in [3.05, 3.63) is 30.0 Å². The Balaban J connectivity index is 1.85. The van der Waals surface area contributed by atoms with E-state index in [0.717, 1.165) is 37.4 Å². The summed E-state index contributed by atoms with van der Waals surface area (Å²) in [5.74, 6) is 0.286. The summed E-state index contributed by atoms with van der Waals surface area (Å²) in [5, 5.41) is 11.9. The number of nitrogens with zero attached hydrogens (tertiary/aromatic N) is 2. The molecule has 0 bridgehead atoms.